The average Bonchev–Trinajstić information content (AvgIpc) is 2.69. The van der Waals surface area contributed by atoms with Gasteiger partial charge in [-0.15, -0.1) is 0 Å². The molecular formula is C23H20BrN. The van der Waals surface area contributed by atoms with E-state index in [0.29, 0.717) is 12.8 Å². The number of hydrogen-bond donors (Lipinski definition) is 0. The van der Waals surface area contributed by atoms with Crippen molar-refractivity contribution >= 4 is 15.9 Å². The van der Waals surface area contributed by atoms with Crippen molar-refractivity contribution in [1.82, 2.24) is 0 Å². The molecule has 0 radical (unpaired) electrons. The molecule has 0 atom stereocenters. The molecule has 0 heterocycles. The van der Waals surface area contributed by atoms with Crippen molar-refractivity contribution in [2.45, 2.75) is 23.6 Å². The molecule has 0 spiro atoms. The zero-order valence-electron chi connectivity index (χ0n) is 14.0. The molecule has 0 aliphatic rings. The third-order valence-corrected chi connectivity index (χ3v) is 5.22. The SMILES string of the molecule is N#CC(Cc1ccccc1)(Cc1ccccc1)c1ccc(CBr)cc1. The highest BCUT2D eigenvalue weighted by Crippen LogP contribution is 2.32. The summed E-state index contributed by atoms with van der Waals surface area (Å²) in [4.78, 5) is 0. The van der Waals surface area contributed by atoms with Gasteiger partial charge in [0.1, 0.15) is 0 Å². The molecule has 0 aliphatic carbocycles. The molecule has 3 rings (SSSR count). The predicted molar refractivity (Wildman–Crippen MR) is 107 cm³/mol. The first-order chi connectivity index (χ1) is 12.3. The quantitative estimate of drug-likeness (QED) is 0.486. The van der Waals surface area contributed by atoms with Gasteiger partial charge in [0.15, 0.2) is 0 Å². The summed E-state index contributed by atoms with van der Waals surface area (Å²) < 4.78 is 0. The number of nitriles is 1. The van der Waals surface area contributed by atoms with Crippen molar-refractivity contribution in [1.29, 1.82) is 5.26 Å². The normalized spacial score (nSPS) is 11.0. The van der Waals surface area contributed by atoms with Crippen molar-refractivity contribution in [3.8, 4) is 6.07 Å². The van der Waals surface area contributed by atoms with Crippen LogP contribution in [0.1, 0.15) is 22.3 Å². The van der Waals surface area contributed by atoms with E-state index in [9.17, 15) is 5.26 Å². The van der Waals surface area contributed by atoms with Crippen LogP contribution in [0.4, 0.5) is 0 Å². The van der Waals surface area contributed by atoms with Crippen LogP contribution in [0.15, 0.2) is 84.9 Å². The van der Waals surface area contributed by atoms with E-state index < -0.39 is 5.41 Å². The molecule has 25 heavy (non-hydrogen) atoms. The molecule has 0 amide bonds. The topological polar surface area (TPSA) is 23.8 Å². The summed E-state index contributed by atoms with van der Waals surface area (Å²) in [5, 5.41) is 11.0. The lowest BCUT2D eigenvalue weighted by Gasteiger charge is -2.28. The Morgan fingerprint density at radius 3 is 1.56 bits per heavy atom. The summed E-state index contributed by atoms with van der Waals surface area (Å²) in [6.07, 6.45) is 1.40. The van der Waals surface area contributed by atoms with Crippen molar-refractivity contribution in [3.63, 3.8) is 0 Å². The first kappa shape index (κ1) is 17.5. The molecule has 0 unspecified atom stereocenters. The summed E-state index contributed by atoms with van der Waals surface area (Å²) in [5.74, 6) is 0. The molecule has 2 heteroatoms. The number of alkyl halides is 1. The summed E-state index contributed by atoms with van der Waals surface area (Å²) in [7, 11) is 0. The fourth-order valence-electron chi connectivity index (χ4n) is 3.21. The summed E-state index contributed by atoms with van der Waals surface area (Å²) >= 11 is 3.49. The van der Waals surface area contributed by atoms with E-state index >= 15 is 0 Å². The third-order valence-electron chi connectivity index (χ3n) is 4.57. The Bertz CT molecular complexity index is 791. The van der Waals surface area contributed by atoms with E-state index in [1.54, 1.807) is 0 Å². The van der Waals surface area contributed by atoms with Gasteiger partial charge in [0.2, 0.25) is 0 Å². The van der Waals surface area contributed by atoms with E-state index in [1.807, 2.05) is 36.4 Å². The molecule has 0 aliphatic heterocycles. The van der Waals surface area contributed by atoms with Crippen LogP contribution in [0.3, 0.4) is 0 Å². The van der Waals surface area contributed by atoms with Gasteiger partial charge >= 0.3 is 0 Å². The zero-order valence-corrected chi connectivity index (χ0v) is 15.6. The van der Waals surface area contributed by atoms with Gasteiger partial charge in [-0.3, -0.25) is 0 Å². The molecule has 0 bridgehead atoms. The van der Waals surface area contributed by atoms with Gasteiger partial charge in [-0.2, -0.15) is 5.26 Å². The van der Waals surface area contributed by atoms with Gasteiger partial charge in [-0.1, -0.05) is 101 Å². The number of benzene rings is 3. The highest BCUT2D eigenvalue weighted by Gasteiger charge is 2.33. The van der Waals surface area contributed by atoms with Gasteiger partial charge in [-0.05, 0) is 35.1 Å². The Labute approximate surface area is 158 Å². The molecule has 0 saturated heterocycles. The third kappa shape index (κ3) is 4.18. The maximum absolute atomic E-state index is 10.2. The second-order valence-corrected chi connectivity index (χ2v) is 6.91. The minimum Gasteiger partial charge on any atom is -0.197 e. The highest BCUT2D eigenvalue weighted by atomic mass is 79.9. The molecule has 1 nitrogen and oxygen atoms in total. The highest BCUT2D eigenvalue weighted by molar-refractivity contribution is 9.08. The maximum Gasteiger partial charge on any atom is 0.0902 e. The second kappa shape index (κ2) is 8.14. The molecule has 0 aromatic heterocycles. The smallest absolute Gasteiger partial charge is 0.0902 e. The van der Waals surface area contributed by atoms with Gasteiger partial charge < -0.3 is 0 Å². The van der Waals surface area contributed by atoms with Crippen molar-refractivity contribution < 1.29 is 0 Å². The Morgan fingerprint density at radius 2 is 1.16 bits per heavy atom. The van der Waals surface area contributed by atoms with Gasteiger partial charge in [0.25, 0.3) is 0 Å². The fraction of sp³-hybridized carbons (Fsp3) is 0.174. The summed E-state index contributed by atoms with van der Waals surface area (Å²) in [6, 6.07) is 31.6. The lowest BCUT2D eigenvalue weighted by atomic mass is 9.72. The van der Waals surface area contributed by atoms with Gasteiger partial charge in [-0.25, -0.2) is 0 Å². The molecule has 3 aromatic carbocycles. The summed E-state index contributed by atoms with van der Waals surface area (Å²) in [6.45, 7) is 0. The van der Waals surface area contributed by atoms with Gasteiger partial charge in [0.05, 0.1) is 11.5 Å². The lowest BCUT2D eigenvalue weighted by molar-refractivity contribution is 0.541. The van der Waals surface area contributed by atoms with Gasteiger partial charge in [0, 0.05) is 5.33 Å². The Balaban J connectivity index is 2.03. The van der Waals surface area contributed by atoms with Crippen LogP contribution in [-0.4, -0.2) is 0 Å². The van der Waals surface area contributed by atoms with Crippen molar-refractivity contribution in [2.24, 2.45) is 0 Å². The lowest BCUT2D eigenvalue weighted by Crippen LogP contribution is -2.30. The molecular weight excluding hydrogens is 370 g/mol. The van der Waals surface area contributed by atoms with Crippen molar-refractivity contribution in [2.75, 3.05) is 0 Å². The first-order valence-electron chi connectivity index (χ1n) is 8.40. The Hall–Kier alpha value is -2.37. The van der Waals surface area contributed by atoms with E-state index in [4.69, 9.17) is 0 Å². The van der Waals surface area contributed by atoms with E-state index in [2.05, 4.69) is 70.5 Å². The molecule has 0 saturated carbocycles. The molecule has 3 aromatic rings. The van der Waals surface area contributed by atoms with Crippen LogP contribution in [0, 0.1) is 11.3 Å². The number of halogens is 1. The zero-order chi connectivity index (χ0) is 17.5. The van der Waals surface area contributed by atoms with Crippen LogP contribution in [-0.2, 0) is 23.6 Å². The first-order valence-corrected chi connectivity index (χ1v) is 9.52. The Kier molecular flexibility index (Phi) is 5.68. The number of rotatable bonds is 6. The average molecular weight is 390 g/mol. The largest absolute Gasteiger partial charge is 0.197 e. The number of nitrogens with zero attached hydrogens (tertiary/aromatic N) is 1. The number of hydrogen-bond acceptors (Lipinski definition) is 1. The summed E-state index contributed by atoms with van der Waals surface area (Å²) in [5.41, 5.74) is 4.09. The molecule has 0 fully saturated rings. The van der Waals surface area contributed by atoms with E-state index in [1.165, 1.54) is 16.7 Å². The van der Waals surface area contributed by atoms with E-state index in [0.717, 1.165) is 10.9 Å². The van der Waals surface area contributed by atoms with Crippen molar-refractivity contribution in [3.05, 3.63) is 107 Å². The van der Waals surface area contributed by atoms with Crippen LogP contribution >= 0.6 is 15.9 Å². The molecule has 0 N–H and O–H groups in total. The minimum absolute atomic E-state index is 0.576. The van der Waals surface area contributed by atoms with Crippen LogP contribution < -0.4 is 0 Å². The predicted octanol–water partition coefficient (Wildman–Crippen LogP) is 5.83. The van der Waals surface area contributed by atoms with Crippen LogP contribution in [0.5, 0.6) is 0 Å². The standard InChI is InChI=1S/C23H20BrN/c24-17-21-11-13-22(14-12-21)23(18-25,15-19-7-3-1-4-8-19)16-20-9-5-2-6-10-20/h1-14H,15-17H2. The van der Waals surface area contributed by atoms with Crippen LogP contribution in [0.2, 0.25) is 0 Å². The van der Waals surface area contributed by atoms with Crippen LogP contribution in [0.25, 0.3) is 0 Å². The second-order valence-electron chi connectivity index (χ2n) is 6.35. The maximum atomic E-state index is 10.2. The van der Waals surface area contributed by atoms with E-state index in [-0.39, 0.29) is 0 Å². The monoisotopic (exact) mass is 389 g/mol. The fourth-order valence-corrected chi connectivity index (χ4v) is 3.59. The Morgan fingerprint density at radius 1 is 0.680 bits per heavy atom. The minimum atomic E-state index is -0.576. The molecule has 124 valence electrons.